The third kappa shape index (κ3) is 2.40. The van der Waals surface area contributed by atoms with Crippen molar-refractivity contribution >= 4 is 0 Å². The molecule has 104 valence electrons. The molecule has 1 N–H and O–H groups in total. The van der Waals surface area contributed by atoms with Gasteiger partial charge in [-0.2, -0.15) is 0 Å². The molecule has 3 unspecified atom stereocenters. The highest BCUT2D eigenvalue weighted by Gasteiger charge is 2.56. The first-order chi connectivity index (χ1) is 9.22. The van der Waals surface area contributed by atoms with E-state index in [1.807, 2.05) is 0 Å². The van der Waals surface area contributed by atoms with Gasteiger partial charge in [0.05, 0.1) is 0 Å². The maximum atomic E-state index is 14.0. The van der Waals surface area contributed by atoms with Crippen LogP contribution in [0.15, 0.2) is 18.2 Å². The third-order valence-electron chi connectivity index (χ3n) is 4.77. The molecule has 0 bridgehead atoms. The predicted octanol–water partition coefficient (Wildman–Crippen LogP) is 4.05. The minimum absolute atomic E-state index is 0.0656. The monoisotopic (exact) mass is 265 g/mol. The van der Waals surface area contributed by atoms with Crippen molar-refractivity contribution < 1.29 is 8.78 Å². The molecule has 2 aliphatic rings. The van der Waals surface area contributed by atoms with Gasteiger partial charge in [-0.1, -0.05) is 19.4 Å². The molecule has 0 aromatic heterocycles. The van der Waals surface area contributed by atoms with Crippen LogP contribution < -0.4 is 5.32 Å². The Labute approximate surface area is 113 Å². The van der Waals surface area contributed by atoms with E-state index >= 15 is 0 Å². The van der Waals surface area contributed by atoms with Gasteiger partial charge in [0.1, 0.15) is 11.6 Å². The first-order valence-electron chi connectivity index (χ1n) is 7.40. The fraction of sp³-hybridized carbons (Fsp3) is 0.625. The smallest absolute Gasteiger partial charge is 0.130 e. The molecule has 2 saturated carbocycles. The summed E-state index contributed by atoms with van der Waals surface area (Å²) in [5.41, 5.74) is 0.647. The van der Waals surface area contributed by atoms with Crippen molar-refractivity contribution in [1.82, 2.24) is 5.32 Å². The minimum atomic E-state index is -0.494. The standard InChI is InChI=1S/C16H21F2N/c1-2-8-19-16(15-11-4-3-5-12(11)15)13-7-6-10(17)9-14(13)18/h6-7,9,11-12,15-16,19H,2-5,8H2,1H3. The van der Waals surface area contributed by atoms with Gasteiger partial charge in [-0.15, -0.1) is 0 Å². The summed E-state index contributed by atoms with van der Waals surface area (Å²) >= 11 is 0. The summed E-state index contributed by atoms with van der Waals surface area (Å²) in [7, 11) is 0. The topological polar surface area (TPSA) is 12.0 Å². The number of hydrogen-bond donors (Lipinski definition) is 1. The van der Waals surface area contributed by atoms with Crippen molar-refractivity contribution in [2.75, 3.05) is 6.54 Å². The van der Waals surface area contributed by atoms with Crippen LogP contribution in [0.2, 0.25) is 0 Å². The van der Waals surface area contributed by atoms with E-state index in [1.165, 1.54) is 25.3 Å². The maximum absolute atomic E-state index is 14.0. The van der Waals surface area contributed by atoms with Gasteiger partial charge in [-0.05, 0) is 49.6 Å². The van der Waals surface area contributed by atoms with Crippen LogP contribution in [0, 0.1) is 29.4 Å². The van der Waals surface area contributed by atoms with Crippen molar-refractivity contribution in [2.24, 2.45) is 17.8 Å². The zero-order valence-electron chi connectivity index (χ0n) is 11.3. The van der Waals surface area contributed by atoms with E-state index in [9.17, 15) is 8.78 Å². The molecule has 0 amide bonds. The van der Waals surface area contributed by atoms with Gasteiger partial charge < -0.3 is 5.32 Å². The molecule has 3 atom stereocenters. The Bertz CT molecular complexity index is 450. The molecule has 1 nitrogen and oxygen atoms in total. The van der Waals surface area contributed by atoms with Crippen molar-refractivity contribution in [3.8, 4) is 0 Å². The lowest BCUT2D eigenvalue weighted by Gasteiger charge is -2.21. The molecule has 2 fully saturated rings. The van der Waals surface area contributed by atoms with E-state index in [-0.39, 0.29) is 6.04 Å². The molecule has 1 aromatic carbocycles. The van der Waals surface area contributed by atoms with Crippen LogP contribution in [0.4, 0.5) is 8.78 Å². The van der Waals surface area contributed by atoms with Gasteiger partial charge in [-0.3, -0.25) is 0 Å². The molecule has 0 aliphatic heterocycles. The third-order valence-corrected chi connectivity index (χ3v) is 4.77. The fourth-order valence-electron chi connectivity index (χ4n) is 3.88. The van der Waals surface area contributed by atoms with E-state index in [0.29, 0.717) is 11.5 Å². The predicted molar refractivity (Wildman–Crippen MR) is 71.7 cm³/mol. The van der Waals surface area contributed by atoms with Crippen molar-refractivity contribution in [3.63, 3.8) is 0 Å². The summed E-state index contributed by atoms with van der Waals surface area (Å²) in [6.45, 7) is 3.00. The highest BCUT2D eigenvalue weighted by Crippen LogP contribution is 2.62. The molecular formula is C16H21F2N. The normalized spacial score (nSPS) is 30.2. The summed E-state index contributed by atoms with van der Waals surface area (Å²) in [5.74, 6) is 1.18. The van der Waals surface area contributed by atoms with Gasteiger partial charge in [0, 0.05) is 17.7 Å². The van der Waals surface area contributed by atoms with E-state index in [1.54, 1.807) is 6.07 Å². The van der Waals surface area contributed by atoms with Crippen LogP contribution in [-0.2, 0) is 0 Å². The van der Waals surface area contributed by atoms with Crippen LogP contribution in [0.25, 0.3) is 0 Å². The zero-order valence-corrected chi connectivity index (χ0v) is 11.3. The second-order valence-corrected chi connectivity index (χ2v) is 5.93. The summed E-state index contributed by atoms with van der Waals surface area (Å²) in [6, 6.07) is 4.06. The quantitative estimate of drug-likeness (QED) is 0.847. The molecule has 0 spiro atoms. The van der Waals surface area contributed by atoms with Crippen molar-refractivity contribution in [1.29, 1.82) is 0 Å². The van der Waals surface area contributed by atoms with Crippen LogP contribution in [0.3, 0.4) is 0 Å². The summed E-state index contributed by atoms with van der Waals surface area (Å²) in [6.07, 6.45) is 4.91. The van der Waals surface area contributed by atoms with E-state index in [4.69, 9.17) is 0 Å². The highest BCUT2D eigenvalue weighted by atomic mass is 19.1. The van der Waals surface area contributed by atoms with Crippen molar-refractivity contribution in [3.05, 3.63) is 35.4 Å². The Morgan fingerprint density at radius 1 is 1.26 bits per heavy atom. The Kier molecular flexibility index (Phi) is 3.57. The molecule has 0 radical (unpaired) electrons. The first-order valence-corrected chi connectivity index (χ1v) is 7.40. The maximum Gasteiger partial charge on any atom is 0.130 e. The Morgan fingerprint density at radius 2 is 2.00 bits per heavy atom. The largest absolute Gasteiger partial charge is 0.310 e. The second kappa shape index (κ2) is 5.20. The van der Waals surface area contributed by atoms with Crippen LogP contribution in [0.1, 0.15) is 44.2 Å². The lowest BCUT2D eigenvalue weighted by molar-refractivity contribution is 0.402. The van der Waals surface area contributed by atoms with Crippen LogP contribution in [0.5, 0.6) is 0 Å². The Balaban J connectivity index is 1.82. The SMILES string of the molecule is CCCNC(c1ccc(F)cc1F)C1C2CCCC21. The van der Waals surface area contributed by atoms with Gasteiger partial charge in [0.15, 0.2) is 0 Å². The fourth-order valence-corrected chi connectivity index (χ4v) is 3.88. The lowest BCUT2D eigenvalue weighted by atomic mass is 9.96. The summed E-state index contributed by atoms with van der Waals surface area (Å²) in [4.78, 5) is 0. The van der Waals surface area contributed by atoms with Gasteiger partial charge >= 0.3 is 0 Å². The number of rotatable bonds is 5. The first kappa shape index (κ1) is 13.0. The number of hydrogen-bond acceptors (Lipinski definition) is 1. The number of nitrogens with one attached hydrogen (secondary N) is 1. The molecule has 3 heteroatoms. The van der Waals surface area contributed by atoms with Gasteiger partial charge in [0.2, 0.25) is 0 Å². The molecular weight excluding hydrogens is 244 g/mol. The number of fused-ring (bicyclic) bond motifs is 1. The molecule has 0 heterocycles. The van der Waals surface area contributed by atoms with Gasteiger partial charge in [-0.25, -0.2) is 8.78 Å². The molecule has 0 saturated heterocycles. The molecule has 19 heavy (non-hydrogen) atoms. The summed E-state index contributed by atoms with van der Waals surface area (Å²) in [5, 5.41) is 3.47. The molecule has 1 aromatic rings. The van der Waals surface area contributed by atoms with E-state index in [2.05, 4.69) is 12.2 Å². The highest BCUT2D eigenvalue weighted by molar-refractivity contribution is 5.26. The average Bonchev–Trinajstić information content (AvgIpc) is 2.84. The Hall–Kier alpha value is -0.960. The Morgan fingerprint density at radius 3 is 2.63 bits per heavy atom. The lowest BCUT2D eigenvalue weighted by Crippen LogP contribution is -2.26. The van der Waals surface area contributed by atoms with Crippen LogP contribution >= 0.6 is 0 Å². The zero-order chi connectivity index (χ0) is 13.4. The van der Waals surface area contributed by atoms with Crippen molar-refractivity contribution in [2.45, 2.75) is 38.6 Å². The average molecular weight is 265 g/mol. The van der Waals surface area contributed by atoms with Crippen LogP contribution in [-0.4, -0.2) is 6.54 Å². The second-order valence-electron chi connectivity index (χ2n) is 5.93. The van der Waals surface area contributed by atoms with E-state index in [0.717, 1.165) is 30.9 Å². The summed E-state index contributed by atoms with van der Waals surface area (Å²) < 4.78 is 27.1. The number of halogens is 2. The van der Waals surface area contributed by atoms with Gasteiger partial charge in [0.25, 0.3) is 0 Å². The molecule has 2 aliphatic carbocycles. The minimum Gasteiger partial charge on any atom is -0.310 e. The van der Waals surface area contributed by atoms with E-state index < -0.39 is 11.6 Å². The molecule has 3 rings (SSSR count). The number of benzene rings is 1.